The van der Waals surface area contributed by atoms with Gasteiger partial charge >= 0.3 is 0 Å². The summed E-state index contributed by atoms with van der Waals surface area (Å²) in [5, 5.41) is 0. The maximum atomic E-state index is 4.84. The Morgan fingerprint density at radius 3 is 1.82 bits per heavy atom. The molecule has 0 spiro atoms. The summed E-state index contributed by atoms with van der Waals surface area (Å²) in [5.41, 5.74) is 10.4. The Kier molecular flexibility index (Phi) is 5.42. The summed E-state index contributed by atoms with van der Waals surface area (Å²) in [4.78, 5) is 21.7. The Balaban J connectivity index is 1.12. The largest absolute Gasteiger partial charge is 0.341 e. The number of nitrogens with zero attached hydrogens (tertiary/aromatic N) is 4. The van der Waals surface area contributed by atoms with Crippen molar-refractivity contribution >= 4 is 0 Å². The summed E-state index contributed by atoms with van der Waals surface area (Å²) < 4.78 is 0. The van der Waals surface area contributed by atoms with Crippen molar-refractivity contribution in [2.75, 3.05) is 27.2 Å². The van der Waals surface area contributed by atoms with Gasteiger partial charge in [0.15, 0.2) is 0 Å². The molecule has 2 N–H and O–H groups in total. The van der Waals surface area contributed by atoms with E-state index in [0.29, 0.717) is 23.9 Å². The van der Waals surface area contributed by atoms with Gasteiger partial charge in [-0.05, 0) is 87.1 Å². The van der Waals surface area contributed by atoms with Crippen LogP contribution in [0.4, 0.5) is 0 Å². The molecule has 2 aromatic carbocycles. The van der Waals surface area contributed by atoms with Gasteiger partial charge in [0.1, 0.15) is 11.6 Å². The second kappa shape index (κ2) is 9.04. The molecule has 8 rings (SSSR count). The second-order valence-corrected chi connectivity index (χ2v) is 12.0. The fraction of sp³-hybridized carbons (Fsp3) is 0.394. The van der Waals surface area contributed by atoms with E-state index in [0.717, 1.165) is 36.1 Å². The van der Waals surface area contributed by atoms with Crippen molar-refractivity contribution in [3.8, 4) is 33.6 Å². The van der Waals surface area contributed by atoms with Gasteiger partial charge in [-0.1, -0.05) is 48.6 Å². The van der Waals surface area contributed by atoms with E-state index >= 15 is 0 Å². The normalized spacial score (nSPS) is 26.2. The average molecular weight is 517 g/mol. The van der Waals surface area contributed by atoms with Gasteiger partial charge in [-0.2, -0.15) is 0 Å². The predicted molar refractivity (Wildman–Crippen MR) is 155 cm³/mol. The minimum atomic E-state index is 0.408. The summed E-state index contributed by atoms with van der Waals surface area (Å²) in [7, 11) is 4.40. The third-order valence-electron chi connectivity index (χ3n) is 9.77. The molecule has 39 heavy (non-hydrogen) atoms. The monoisotopic (exact) mass is 516 g/mol. The Labute approximate surface area is 230 Å². The van der Waals surface area contributed by atoms with Gasteiger partial charge in [-0.3, -0.25) is 9.80 Å². The first-order valence-corrected chi connectivity index (χ1v) is 14.6. The number of imidazole rings is 2. The van der Waals surface area contributed by atoms with Crippen LogP contribution in [0.15, 0.2) is 60.9 Å². The average Bonchev–Trinajstić information content (AvgIpc) is 3.79. The summed E-state index contributed by atoms with van der Waals surface area (Å²) in [6.45, 7) is 2.30. The number of rotatable bonds is 5. The zero-order valence-corrected chi connectivity index (χ0v) is 22.8. The standard InChI is InChI=1S/C33H36N6/c1-38-15-3-5-28(38)32-34-18-26(36-32)21-9-7-20(8-10-21)24-13-14-25(31-23-12-11-22(17-23)30(24)31)27-19-35-33(37-27)29-6-4-16-39(29)2/h7-14,18-19,22-23,28-29H,3-6,15-17H2,1-2H3,(H,34,36)(H,35,37)/t22?,23?,28-,29?/m0/s1. The van der Waals surface area contributed by atoms with E-state index in [4.69, 9.17) is 9.97 Å². The van der Waals surface area contributed by atoms with Gasteiger partial charge in [0.25, 0.3) is 0 Å². The van der Waals surface area contributed by atoms with Gasteiger partial charge in [0, 0.05) is 17.4 Å². The van der Waals surface area contributed by atoms with Crippen LogP contribution < -0.4 is 0 Å². The van der Waals surface area contributed by atoms with Crippen LogP contribution >= 0.6 is 0 Å². The summed E-state index contributed by atoms with van der Waals surface area (Å²) in [5.74, 6) is 3.20. The van der Waals surface area contributed by atoms with Crippen LogP contribution in [-0.2, 0) is 0 Å². The van der Waals surface area contributed by atoms with Crippen LogP contribution in [0.1, 0.15) is 78.8 Å². The lowest BCUT2D eigenvalue weighted by Gasteiger charge is -2.20. The van der Waals surface area contributed by atoms with Crippen LogP contribution in [0.3, 0.4) is 0 Å². The minimum Gasteiger partial charge on any atom is -0.341 e. The molecule has 3 unspecified atom stereocenters. The lowest BCUT2D eigenvalue weighted by Crippen LogP contribution is -2.18. The molecule has 6 heteroatoms. The Bertz CT molecular complexity index is 1560. The molecule has 0 amide bonds. The smallest absolute Gasteiger partial charge is 0.123 e. The number of allylic oxidation sites excluding steroid dienone is 2. The highest BCUT2D eigenvalue weighted by molar-refractivity contribution is 5.81. The molecule has 0 saturated carbocycles. The fourth-order valence-electron chi connectivity index (χ4n) is 7.69. The first kappa shape index (κ1) is 23.4. The van der Waals surface area contributed by atoms with Crippen molar-refractivity contribution < 1.29 is 0 Å². The van der Waals surface area contributed by atoms with E-state index in [9.17, 15) is 0 Å². The molecular weight excluding hydrogens is 480 g/mol. The molecule has 2 bridgehead atoms. The number of fused-ring (bicyclic) bond motifs is 5. The van der Waals surface area contributed by atoms with E-state index < -0.39 is 0 Å². The number of H-pyrrole nitrogens is 2. The molecule has 2 aliphatic carbocycles. The molecule has 4 heterocycles. The third-order valence-corrected chi connectivity index (χ3v) is 9.77. The molecule has 198 valence electrons. The van der Waals surface area contributed by atoms with Crippen molar-refractivity contribution in [2.45, 2.75) is 56.0 Å². The van der Waals surface area contributed by atoms with Gasteiger partial charge in [-0.15, -0.1) is 0 Å². The number of hydrogen-bond acceptors (Lipinski definition) is 4. The summed E-state index contributed by atoms with van der Waals surface area (Å²) >= 11 is 0. The third kappa shape index (κ3) is 3.76. The van der Waals surface area contributed by atoms with Crippen molar-refractivity contribution in [1.82, 2.24) is 29.7 Å². The van der Waals surface area contributed by atoms with E-state index in [1.807, 2.05) is 6.20 Å². The molecule has 4 atom stereocenters. The van der Waals surface area contributed by atoms with Crippen LogP contribution in [0.5, 0.6) is 0 Å². The van der Waals surface area contributed by atoms with Crippen LogP contribution in [0.2, 0.25) is 0 Å². The fourth-order valence-corrected chi connectivity index (χ4v) is 7.69. The quantitative estimate of drug-likeness (QED) is 0.286. The van der Waals surface area contributed by atoms with Gasteiger partial charge < -0.3 is 9.97 Å². The number of hydrogen-bond donors (Lipinski definition) is 2. The number of aromatic nitrogens is 4. The van der Waals surface area contributed by atoms with Crippen molar-refractivity contribution in [1.29, 1.82) is 0 Å². The summed E-state index contributed by atoms with van der Waals surface area (Å²) in [6.07, 6.45) is 14.9. The van der Waals surface area contributed by atoms with Crippen molar-refractivity contribution in [2.24, 2.45) is 0 Å². The first-order chi connectivity index (χ1) is 19.1. The number of aromatic amines is 2. The van der Waals surface area contributed by atoms with Crippen molar-refractivity contribution in [3.05, 3.63) is 83.7 Å². The van der Waals surface area contributed by atoms with E-state index in [1.54, 1.807) is 0 Å². The molecule has 2 aliphatic heterocycles. The lowest BCUT2D eigenvalue weighted by molar-refractivity contribution is 0.307. The molecule has 6 nitrogen and oxygen atoms in total. The van der Waals surface area contributed by atoms with Crippen LogP contribution in [0.25, 0.3) is 33.6 Å². The van der Waals surface area contributed by atoms with E-state index in [1.165, 1.54) is 65.5 Å². The molecule has 2 aromatic heterocycles. The molecule has 4 aromatic rings. The number of benzene rings is 2. The second-order valence-electron chi connectivity index (χ2n) is 12.0. The molecule has 0 radical (unpaired) electrons. The predicted octanol–water partition coefficient (Wildman–Crippen LogP) is 6.81. The van der Waals surface area contributed by atoms with Crippen LogP contribution in [-0.4, -0.2) is 56.9 Å². The van der Waals surface area contributed by atoms with Crippen molar-refractivity contribution in [3.63, 3.8) is 0 Å². The zero-order valence-electron chi connectivity index (χ0n) is 22.8. The first-order valence-electron chi connectivity index (χ1n) is 14.6. The Morgan fingerprint density at radius 2 is 1.21 bits per heavy atom. The highest BCUT2D eigenvalue weighted by Crippen LogP contribution is 2.54. The molecular formula is C33H36N6. The van der Waals surface area contributed by atoms with Crippen LogP contribution in [0, 0.1) is 0 Å². The molecule has 2 fully saturated rings. The minimum absolute atomic E-state index is 0.408. The van der Waals surface area contributed by atoms with Gasteiger partial charge in [-0.25, -0.2) is 9.97 Å². The highest BCUT2D eigenvalue weighted by Gasteiger charge is 2.37. The highest BCUT2D eigenvalue weighted by atomic mass is 15.2. The molecule has 4 aliphatic rings. The summed E-state index contributed by atoms with van der Waals surface area (Å²) in [6, 6.07) is 14.5. The number of nitrogens with one attached hydrogen (secondary N) is 2. The Hall–Kier alpha value is -3.48. The lowest BCUT2D eigenvalue weighted by atomic mass is 9.85. The van der Waals surface area contributed by atoms with Gasteiger partial charge in [0.2, 0.25) is 0 Å². The maximum absolute atomic E-state index is 4.84. The molecule has 2 saturated heterocycles. The number of likely N-dealkylation sites (tertiary alicyclic amines) is 2. The van der Waals surface area contributed by atoms with Gasteiger partial charge in [0.05, 0.1) is 35.9 Å². The van der Waals surface area contributed by atoms with E-state index in [2.05, 4.69) is 88.6 Å². The van der Waals surface area contributed by atoms with E-state index in [-0.39, 0.29) is 0 Å². The maximum Gasteiger partial charge on any atom is 0.123 e. The SMILES string of the molecule is CN1CCCC1c1ncc(-c2ccc(-c3ccc(-c4cnc([C@@H]5CCCN5C)[nH]4)cc3)c3c2C2C=CC3C2)[nH]1. The zero-order chi connectivity index (χ0) is 26.1. The Morgan fingerprint density at radius 1 is 0.667 bits per heavy atom. The topological polar surface area (TPSA) is 63.8 Å².